The number of para-hydroxylation sites is 1. The summed E-state index contributed by atoms with van der Waals surface area (Å²) in [5.41, 5.74) is 5.75. The molecule has 0 spiro atoms. The van der Waals surface area contributed by atoms with Gasteiger partial charge in [0.05, 0.1) is 0 Å². The molecule has 2 heterocycles. The number of hydrogen-bond acceptors (Lipinski definition) is 1. The van der Waals surface area contributed by atoms with E-state index in [1.165, 1.54) is 34.2 Å². The zero-order valence-electron chi connectivity index (χ0n) is 13.2. The summed E-state index contributed by atoms with van der Waals surface area (Å²) in [6.07, 6.45) is 9.60. The first kappa shape index (κ1) is 12.7. The lowest BCUT2D eigenvalue weighted by atomic mass is 9.67. The van der Waals surface area contributed by atoms with Crippen molar-refractivity contribution in [1.82, 2.24) is 10.3 Å². The third-order valence-electron chi connectivity index (χ3n) is 6.01. The van der Waals surface area contributed by atoms with Crippen LogP contribution in [0.5, 0.6) is 0 Å². The van der Waals surface area contributed by atoms with Crippen LogP contribution < -0.4 is 5.32 Å². The van der Waals surface area contributed by atoms with Crippen LogP contribution in [0.4, 0.5) is 0 Å². The zero-order valence-corrected chi connectivity index (χ0v) is 13.2. The number of nitrogens with one attached hydrogen (secondary N) is 2. The summed E-state index contributed by atoms with van der Waals surface area (Å²) in [6.45, 7) is 4.71. The lowest BCUT2D eigenvalue weighted by Crippen LogP contribution is -2.59. The van der Waals surface area contributed by atoms with Gasteiger partial charge < -0.3 is 10.3 Å². The van der Waals surface area contributed by atoms with E-state index >= 15 is 0 Å². The van der Waals surface area contributed by atoms with E-state index in [0.717, 1.165) is 6.42 Å². The van der Waals surface area contributed by atoms with Crippen LogP contribution in [0, 0.1) is 11.8 Å². The van der Waals surface area contributed by atoms with E-state index in [9.17, 15) is 0 Å². The maximum Gasteiger partial charge on any atom is 0.0461 e. The van der Waals surface area contributed by atoms with Gasteiger partial charge in [0.1, 0.15) is 0 Å². The highest BCUT2D eigenvalue weighted by molar-refractivity contribution is 5.88. The minimum absolute atomic E-state index is 0.194. The fourth-order valence-electron chi connectivity index (χ4n) is 4.76. The molecule has 2 N–H and O–H groups in total. The first-order valence-corrected chi connectivity index (χ1v) is 8.39. The molecule has 1 saturated heterocycles. The molecule has 1 aliphatic heterocycles. The molecule has 0 unspecified atom stereocenters. The Morgan fingerprint density at radius 3 is 2.95 bits per heavy atom. The Balaban J connectivity index is 1.73. The molecule has 1 aromatic carbocycles. The molecule has 3 aliphatic rings. The second kappa shape index (κ2) is 4.14. The Hall–Kier alpha value is -1.80. The van der Waals surface area contributed by atoms with Crippen LogP contribution in [-0.2, 0) is 6.42 Å². The van der Waals surface area contributed by atoms with Gasteiger partial charge in [0.2, 0.25) is 0 Å². The molecule has 2 aromatic rings. The van der Waals surface area contributed by atoms with Gasteiger partial charge in [-0.25, -0.2) is 0 Å². The first-order chi connectivity index (χ1) is 10.6. The molecular formula is C20H22N2. The number of rotatable bonds is 0. The quantitative estimate of drug-likeness (QED) is 0.752. The molecular weight excluding hydrogens is 268 g/mol. The van der Waals surface area contributed by atoms with E-state index in [4.69, 9.17) is 0 Å². The fraction of sp³-hybridized carbons (Fsp3) is 0.400. The number of fused-ring (bicyclic) bond motifs is 4. The minimum Gasteiger partial charge on any atom is -0.355 e. The second-order valence-corrected chi connectivity index (χ2v) is 7.69. The predicted molar refractivity (Wildman–Crippen MR) is 91.7 cm³/mol. The van der Waals surface area contributed by atoms with Gasteiger partial charge in [0.15, 0.2) is 0 Å². The van der Waals surface area contributed by atoms with Crippen molar-refractivity contribution in [3.63, 3.8) is 0 Å². The van der Waals surface area contributed by atoms with E-state index in [1.54, 1.807) is 0 Å². The number of H-pyrrole nitrogens is 1. The third-order valence-corrected chi connectivity index (χ3v) is 6.01. The van der Waals surface area contributed by atoms with Crippen LogP contribution in [0.3, 0.4) is 0 Å². The highest BCUT2D eigenvalue weighted by atomic mass is 15.0. The number of benzene rings is 1. The van der Waals surface area contributed by atoms with Gasteiger partial charge in [0, 0.05) is 34.1 Å². The Kier molecular flexibility index (Phi) is 2.39. The molecule has 2 heteroatoms. The summed E-state index contributed by atoms with van der Waals surface area (Å²) in [6, 6.07) is 9.25. The lowest BCUT2D eigenvalue weighted by molar-refractivity contribution is 0.144. The lowest BCUT2D eigenvalue weighted by Gasteiger charge is -2.49. The molecule has 1 fully saturated rings. The van der Waals surface area contributed by atoms with Gasteiger partial charge >= 0.3 is 0 Å². The summed E-state index contributed by atoms with van der Waals surface area (Å²) in [5.74, 6) is 1.31. The fourth-order valence-corrected chi connectivity index (χ4v) is 4.76. The van der Waals surface area contributed by atoms with Crippen molar-refractivity contribution in [1.29, 1.82) is 0 Å². The number of aromatic amines is 1. The molecule has 112 valence electrons. The highest BCUT2D eigenvalue weighted by Gasteiger charge is 2.44. The monoisotopic (exact) mass is 290 g/mol. The first-order valence-electron chi connectivity index (χ1n) is 8.39. The standard InChI is InChI=1S/C20H22N2/c1-20(2)13-8-7-12-9-18-16(11-19(22-20)15(12)10-13)14-5-3-4-6-17(14)21-18/h3-9,13,15,19,21-22H,10-11H2,1-2H3/t13-,15-,19+/m0/s1. The number of allylic oxidation sites excluding steroid dienone is 1. The van der Waals surface area contributed by atoms with Crippen molar-refractivity contribution in [2.24, 2.45) is 11.8 Å². The van der Waals surface area contributed by atoms with Crippen molar-refractivity contribution in [2.75, 3.05) is 0 Å². The summed E-state index contributed by atoms with van der Waals surface area (Å²) in [4.78, 5) is 3.63. The van der Waals surface area contributed by atoms with Crippen LogP contribution in [0.1, 0.15) is 31.5 Å². The minimum atomic E-state index is 0.194. The van der Waals surface area contributed by atoms with Crippen molar-refractivity contribution in [3.8, 4) is 0 Å². The summed E-state index contributed by atoms with van der Waals surface area (Å²) in [5, 5.41) is 5.34. The van der Waals surface area contributed by atoms with Crippen LogP contribution in [0.15, 0.2) is 42.0 Å². The summed E-state index contributed by atoms with van der Waals surface area (Å²) < 4.78 is 0. The Morgan fingerprint density at radius 2 is 2.05 bits per heavy atom. The Labute approximate surface area is 131 Å². The number of hydrogen-bond donors (Lipinski definition) is 2. The van der Waals surface area contributed by atoms with Crippen LogP contribution >= 0.6 is 0 Å². The SMILES string of the molecule is CC1(C)N[C@@H]2Cc3c([nH]c4ccccc34)C=C3C=C[C@H]1C[C@@H]32. The van der Waals surface area contributed by atoms with Gasteiger partial charge in [-0.05, 0) is 55.9 Å². The molecule has 2 aliphatic carbocycles. The third kappa shape index (κ3) is 1.65. The summed E-state index contributed by atoms with van der Waals surface area (Å²) >= 11 is 0. The van der Waals surface area contributed by atoms with Gasteiger partial charge in [-0.2, -0.15) is 0 Å². The average molecular weight is 290 g/mol. The van der Waals surface area contributed by atoms with Crippen molar-refractivity contribution in [2.45, 2.75) is 38.3 Å². The molecule has 5 rings (SSSR count). The van der Waals surface area contributed by atoms with E-state index in [-0.39, 0.29) is 5.54 Å². The molecule has 0 amide bonds. The van der Waals surface area contributed by atoms with Crippen molar-refractivity contribution >= 4 is 17.0 Å². The zero-order chi connectivity index (χ0) is 14.9. The van der Waals surface area contributed by atoms with E-state index in [0.29, 0.717) is 17.9 Å². The molecule has 2 nitrogen and oxygen atoms in total. The van der Waals surface area contributed by atoms with Crippen molar-refractivity contribution < 1.29 is 0 Å². The largest absolute Gasteiger partial charge is 0.355 e. The second-order valence-electron chi connectivity index (χ2n) is 7.69. The molecule has 1 aromatic heterocycles. The van der Waals surface area contributed by atoms with Gasteiger partial charge in [-0.15, -0.1) is 0 Å². The molecule has 3 atom stereocenters. The summed E-state index contributed by atoms with van der Waals surface area (Å²) in [7, 11) is 0. The van der Waals surface area contributed by atoms with E-state index in [2.05, 4.69) is 66.6 Å². The van der Waals surface area contributed by atoms with Crippen LogP contribution in [0.25, 0.3) is 17.0 Å². The van der Waals surface area contributed by atoms with Gasteiger partial charge in [-0.1, -0.05) is 30.4 Å². The molecule has 0 radical (unpaired) electrons. The molecule has 22 heavy (non-hydrogen) atoms. The van der Waals surface area contributed by atoms with Crippen LogP contribution in [-0.4, -0.2) is 16.6 Å². The van der Waals surface area contributed by atoms with Gasteiger partial charge in [-0.3, -0.25) is 0 Å². The maximum atomic E-state index is 3.96. The smallest absolute Gasteiger partial charge is 0.0461 e. The van der Waals surface area contributed by atoms with E-state index < -0.39 is 0 Å². The molecule has 2 bridgehead atoms. The number of aromatic nitrogens is 1. The maximum absolute atomic E-state index is 3.96. The number of piperidine rings is 1. The Bertz CT molecular complexity index is 821. The normalized spacial score (nSPS) is 31.5. The highest BCUT2D eigenvalue weighted by Crippen LogP contribution is 2.44. The Morgan fingerprint density at radius 1 is 1.18 bits per heavy atom. The van der Waals surface area contributed by atoms with Crippen molar-refractivity contribution in [3.05, 3.63) is 53.2 Å². The predicted octanol–water partition coefficient (Wildman–Crippen LogP) is 4.05. The average Bonchev–Trinajstić information content (AvgIpc) is 2.75. The molecule has 0 saturated carbocycles. The van der Waals surface area contributed by atoms with E-state index in [1.807, 2.05) is 0 Å². The van der Waals surface area contributed by atoms with Crippen LogP contribution in [0.2, 0.25) is 0 Å². The van der Waals surface area contributed by atoms with Gasteiger partial charge in [0.25, 0.3) is 0 Å². The topological polar surface area (TPSA) is 27.8 Å².